The van der Waals surface area contributed by atoms with Gasteiger partial charge in [-0.25, -0.2) is 4.79 Å². The van der Waals surface area contributed by atoms with Gasteiger partial charge in [-0.1, -0.05) is 41.4 Å². The van der Waals surface area contributed by atoms with Gasteiger partial charge in [-0.15, -0.1) is 0 Å². The molecule has 1 unspecified atom stereocenters. The van der Waals surface area contributed by atoms with E-state index in [0.717, 1.165) is 36.5 Å². The van der Waals surface area contributed by atoms with E-state index in [-0.39, 0.29) is 18.2 Å². The number of hydrogen-bond acceptors (Lipinski definition) is 4. The van der Waals surface area contributed by atoms with Crippen LogP contribution in [-0.2, 0) is 17.8 Å². The summed E-state index contributed by atoms with van der Waals surface area (Å²) in [6.07, 6.45) is 0.0754. The molecule has 6 nitrogen and oxygen atoms in total. The fraction of sp³-hybridized carbons (Fsp3) is 0.435. The van der Waals surface area contributed by atoms with Crippen LogP contribution in [0.2, 0.25) is 10.0 Å². The van der Waals surface area contributed by atoms with Gasteiger partial charge in [0, 0.05) is 32.7 Å². The summed E-state index contributed by atoms with van der Waals surface area (Å²) in [5, 5.41) is 6.89. The van der Waals surface area contributed by atoms with Crippen LogP contribution >= 0.6 is 23.2 Å². The van der Waals surface area contributed by atoms with Gasteiger partial charge in [0.25, 0.3) is 0 Å². The molecule has 2 amide bonds. The van der Waals surface area contributed by atoms with Crippen molar-refractivity contribution in [1.82, 2.24) is 15.5 Å². The molecule has 8 heteroatoms. The Balaban J connectivity index is 1.38. The third kappa shape index (κ3) is 7.89. The van der Waals surface area contributed by atoms with Crippen molar-refractivity contribution in [1.29, 1.82) is 0 Å². The fourth-order valence-corrected chi connectivity index (χ4v) is 3.67. The number of benzene rings is 2. The maximum Gasteiger partial charge on any atom is 0.315 e. The first-order valence-corrected chi connectivity index (χ1v) is 11.2. The third-order valence-electron chi connectivity index (χ3n) is 4.85. The largest absolute Gasteiger partial charge is 0.491 e. The van der Waals surface area contributed by atoms with Crippen LogP contribution in [0.3, 0.4) is 0 Å². The highest BCUT2D eigenvalue weighted by Crippen LogP contribution is 2.23. The molecule has 1 saturated heterocycles. The molecule has 1 atom stereocenters. The Hall–Kier alpha value is -1.99. The van der Waals surface area contributed by atoms with E-state index in [9.17, 15) is 4.79 Å². The number of nitrogens with one attached hydrogen (secondary N) is 2. The number of hydrogen-bond donors (Lipinski definition) is 2. The molecule has 2 N–H and O–H groups in total. The molecule has 0 spiro atoms. The molecule has 1 fully saturated rings. The summed E-state index contributed by atoms with van der Waals surface area (Å²) in [5.74, 6) is 0.822. The van der Waals surface area contributed by atoms with Crippen LogP contribution in [-0.4, -0.2) is 49.4 Å². The summed E-state index contributed by atoms with van der Waals surface area (Å²) in [7, 11) is 0. The average Bonchev–Trinajstić information content (AvgIpc) is 2.74. The van der Waals surface area contributed by atoms with Crippen molar-refractivity contribution in [2.45, 2.75) is 39.1 Å². The van der Waals surface area contributed by atoms with Gasteiger partial charge in [-0.05, 0) is 49.2 Å². The summed E-state index contributed by atoms with van der Waals surface area (Å²) >= 11 is 12.1. The van der Waals surface area contributed by atoms with Gasteiger partial charge in [-0.2, -0.15) is 0 Å². The van der Waals surface area contributed by atoms with Crippen molar-refractivity contribution in [2.75, 3.05) is 26.2 Å². The minimum atomic E-state index is -0.215. The van der Waals surface area contributed by atoms with Crippen LogP contribution in [0.15, 0.2) is 42.5 Å². The predicted octanol–water partition coefficient (Wildman–Crippen LogP) is 4.48. The number of morpholine rings is 1. The summed E-state index contributed by atoms with van der Waals surface area (Å²) < 4.78 is 11.4. The zero-order valence-corrected chi connectivity index (χ0v) is 19.4. The number of nitrogens with zero attached hydrogens (tertiary/aromatic N) is 1. The zero-order chi connectivity index (χ0) is 22.2. The van der Waals surface area contributed by atoms with Gasteiger partial charge in [0.1, 0.15) is 5.75 Å². The fourth-order valence-electron chi connectivity index (χ4n) is 3.35. The van der Waals surface area contributed by atoms with E-state index in [1.807, 2.05) is 56.3 Å². The lowest BCUT2D eigenvalue weighted by molar-refractivity contribution is -0.0287. The lowest BCUT2D eigenvalue weighted by Gasteiger charge is -2.33. The number of carbonyl (C=O) groups is 1. The molecular formula is C23H29Cl2N3O3. The molecule has 0 aliphatic carbocycles. The number of ether oxygens (including phenoxy) is 2. The lowest BCUT2D eigenvalue weighted by atomic mass is 10.2. The van der Waals surface area contributed by atoms with Crippen molar-refractivity contribution in [3.63, 3.8) is 0 Å². The van der Waals surface area contributed by atoms with Gasteiger partial charge in [0.05, 0.1) is 28.9 Å². The summed E-state index contributed by atoms with van der Waals surface area (Å²) in [5.41, 5.74) is 2.11. The topological polar surface area (TPSA) is 62.8 Å². The molecule has 0 radical (unpaired) electrons. The maximum atomic E-state index is 12.2. The van der Waals surface area contributed by atoms with Crippen molar-refractivity contribution in [3.05, 3.63) is 63.6 Å². The molecule has 1 aliphatic heterocycles. The van der Waals surface area contributed by atoms with E-state index in [1.54, 1.807) is 0 Å². The quantitative estimate of drug-likeness (QED) is 0.602. The first-order chi connectivity index (χ1) is 14.9. The van der Waals surface area contributed by atoms with E-state index in [0.29, 0.717) is 29.7 Å². The zero-order valence-electron chi connectivity index (χ0n) is 17.9. The second kappa shape index (κ2) is 11.6. The normalized spacial score (nSPS) is 16.9. The third-order valence-corrected chi connectivity index (χ3v) is 5.59. The van der Waals surface area contributed by atoms with Crippen LogP contribution in [0.5, 0.6) is 5.75 Å². The standard InChI is InChI=1S/C23H29Cl2N3O3/c1-16(2)31-19-6-3-17(4-7-19)12-26-23(29)27-13-20-15-28(9-10-30-20)14-18-5-8-21(24)22(25)11-18/h3-8,11,16,20H,9-10,12-15H2,1-2H3,(H2,26,27,29). The van der Waals surface area contributed by atoms with E-state index < -0.39 is 0 Å². The minimum Gasteiger partial charge on any atom is -0.491 e. The maximum absolute atomic E-state index is 12.2. The molecule has 31 heavy (non-hydrogen) atoms. The Morgan fingerprint density at radius 2 is 1.87 bits per heavy atom. The number of amides is 2. The van der Waals surface area contributed by atoms with Crippen LogP contribution in [0.1, 0.15) is 25.0 Å². The molecule has 3 rings (SSSR count). The highest BCUT2D eigenvalue weighted by molar-refractivity contribution is 6.42. The van der Waals surface area contributed by atoms with Crippen molar-refractivity contribution in [3.8, 4) is 5.75 Å². The van der Waals surface area contributed by atoms with Gasteiger partial charge in [0.2, 0.25) is 0 Å². The van der Waals surface area contributed by atoms with E-state index in [4.69, 9.17) is 32.7 Å². The van der Waals surface area contributed by atoms with Crippen molar-refractivity contribution in [2.24, 2.45) is 0 Å². The smallest absolute Gasteiger partial charge is 0.315 e. The van der Waals surface area contributed by atoms with Crippen molar-refractivity contribution >= 4 is 29.2 Å². The molecule has 0 bridgehead atoms. The van der Waals surface area contributed by atoms with Crippen LogP contribution < -0.4 is 15.4 Å². The van der Waals surface area contributed by atoms with E-state index in [2.05, 4.69) is 15.5 Å². The predicted molar refractivity (Wildman–Crippen MR) is 124 cm³/mol. The Kier molecular flexibility index (Phi) is 8.84. The van der Waals surface area contributed by atoms with Gasteiger partial charge in [0.15, 0.2) is 0 Å². The van der Waals surface area contributed by atoms with Crippen molar-refractivity contribution < 1.29 is 14.3 Å². The van der Waals surface area contributed by atoms with Gasteiger partial charge >= 0.3 is 6.03 Å². The highest BCUT2D eigenvalue weighted by Gasteiger charge is 2.21. The Morgan fingerprint density at radius 3 is 2.58 bits per heavy atom. The highest BCUT2D eigenvalue weighted by atomic mass is 35.5. The van der Waals surface area contributed by atoms with E-state index in [1.165, 1.54) is 0 Å². The molecule has 1 heterocycles. The number of rotatable bonds is 8. The number of urea groups is 1. The van der Waals surface area contributed by atoms with Crippen LogP contribution in [0.4, 0.5) is 4.79 Å². The first-order valence-electron chi connectivity index (χ1n) is 10.4. The number of carbonyl (C=O) groups excluding carboxylic acids is 1. The summed E-state index contributed by atoms with van der Waals surface area (Å²) in [4.78, 5) is 14.5. The average molecular weight is 466 g/mol. The molecule has 2 aromatic carbocycles. The SMILES string of the molecule is CC(C)Oc1ccc(CNC(=O)NCC2CN(Cc3ccc(Cl)c(Cl)c3)CCO2)cc1. The van der Waals surface area contributed by atoms with Crippen LogP contribution in [0, 0.1) is 0 Å². The van der Waals surface area contributed by atoms with Crippen LogP contribution in [0.25, 0.3) is 0 Å². The molecule has 168 valence electrons. The first kappa shape index (κ1) is 23.7. The van der Waals surface area contributed by atoms with Gasteiger partial charge < -0.3 is 20.1 Å². The molecule has 0 saturated carbocycles. The second-order valence-corrected chi connectivity index (χ2v) is 8.66. The Bertz CT molecular complexity index is 862. The van der Waals surface area contributed by atoms with E-state index >= 15 is 0 Å². The molecule has 0 aromatic heterocycles. The molecular weight excluding hydrogens is 437 g/mol. The molecule has 2 aromatic rings. The Morgan fingerprint density at radius 1 is 1.13 bits per heavy atom. The monoisotopic (exact) mass is 465 g/mol. The second-order valence-electron chi connectivity index (χ2n) is 7.85. The van der Waals surface area contributed by atoms with Gasteiger partial charge in [-0.3, -0.25) is 4.90 Å². The Labute approximate surface area is 193 Å². The lowest BCUT2D eigenvalue weighted by Crippen LogP contribution is -2.48. The summed E-state index contributed by atoms with van der Waals surface area (Å²) in [6.45, 7) is 7.83. The minimum absolute atomic E-state index is 0.0604. The molecule has 1 aliphatic rings. The summed E-state index contributed by atoms with van der Waals surface area (Å²) in [6, 6.07) is 13.2. The number of halogens is 2.